The van der Waals surface area contributed by atoms with Crippen LogP contribution in [0.5, 0.6) is 0 Å². The maximum absolute atomic E-state index is 10.8. The Morgan fingerprint density at radius 1 is 1.10 bits per heavy atom. The highest BCUT2D eigenvalue weighted by atomic mass is 79.9. The Balaban J connectivity index is 2.13. The van der Waals surface area contributed by atoms with E-state index in [-0.39, 0.29) is 0 Å². The first-order valence-corrected chi connectivity index (χ1v) is 7.25. The minimum Gasteiger partial charge on any atom is -0.458 e. The van der Waals surface area contributed by atoms with Gasteiger partial charge in [0.15, 0.2) is 0 Å². The van der Waals surface area contributed by atoms with Crippen molar-refractivity contribution in [3.63, 3.8) is 0 Å². The Morgan fingerprint density at radius 2 is 1.90 bits per heavy atom. The number of rotatable bonds is 2. The molecule has 0 saturated carbocycles. The summed E-state index contributed by atoms with van der Waals surface area (Å²) in [5.41, 5.74) is 1.60. The molecule has 20 heavy (non-hydrogen) atoms. The van der Waals surface area contributed by atoms with Gasteiger partial charge in [0.25, 0.3) is 0 Å². The SMILES string of the molecule is Cc1ccc2oc(C(C)(O)c3cccc(Br)c3)cc2c1. The standard InChI is InChI=1S/C17H15BrO2/c1-11-6-7-15-12(8-11)9-16(20-15)17(2,19)13-4-3-5-14(18)10-13/h3-10,19H,1-2H3. The first kappa shape index (κ1) is 13.4. The van der Waals surface area contributed by atoms with Gasteiger partial charge >= 0.3 is 0 Å². The average Bonchev–Trinajstić information content (AvgIpc) is 2.82. The number of furan rings is 1. The molecule has 3 aromatic rings. The highest BCUT2D eigenvalue weighted by Gasteiger charge is 2.29. The average molecular weight is 331 g/mol. The Labute approximate surface area is 126 Å². The highest BCUT2D eigenvalue weighted by molar-refractivity contribution is 9.10. The van der Waals surface area contributed by atoms with Crippen molar-refractivity contribution in [2.75, 3.05) is 0 Å². The van der Waals surface area contributed by atoms with Crippen molar-refractivity contribution in [2.45, 2.75) is 19.4 Å². The van der Waals surface area contributed by atoms with E-state index >= 15 is 0 Å². The summed E-state index contributed by atoms with van der Waals surface area (Å²) in [5, 5.41) is 11.8. The molecular formula is C17H15BrO2. The van der Waals surface area contributed by atoms with Gasteiger partial charge in [-0.05, 0) is 49.7 Å². The smallest absolute Gasteiger partial charge is 0.144 e. The lowest BCUT2D eigenvalue weighted by Gasteiger charge is -2.21. The molecule has 0 aliphatic carbocycles. The number of benzene rings is 2. The van der Waals surface area contributed by atoms with E-state index in [1.54, 1.807) is 6.92 Å². The zero-order valence-electron chi connectivity index (χ0n) is 11.4. The molecule has 0 amide bonds. The lowest BCUT2D eigenvalue weighted by Crippen LogP contribution is -2.21. The fourth-order valence-corrected chi connectivity index (χ4v) is 2.74. The van der Waals surface area contributed by atoms with Crippen molar-refractivity contribution in [3.05, 3.63) is 69.9 Å². The van der Waals surface area contributed by atoms with E-state index in [1.807, 2.05) is 49.4 Å². The molecular weight excluding hydrogens is 316 g/mol. The summed E-state index contributed by atoms with van der Waals surface area (Å²) >= 11 is 3.43. The molecule has 0 radical (unpaired) electrons. The van der Waals surface area contributed by atoms with E-state index in [9.17, 15) is 5.11 Å². The van der Waals surface area contributed by atoms with Crippen LogP contribution in [0.1, 0.15) is 23.8 Å². The molecule has 102 valence electrons. The van der Waals surface area contributed by atoms with Crippen LogP contribution in [0.4, 0.5) is 0 Å². The largest absolute Gasteiger partial charge is 0.458 e. The van der Waals surface area contributed by atoms with Crippen molar-refractivity contribution < 1.29 is 9.52 Å². The molecule has 0 spiro atoms. The summed E-state index contributed by atoms with van der Waals surface area (Å²) < 4.78 is 6.75. The van der Waals surface area contributed by atoms with E-state index in [2.05, 4.69) is 22.0 Å². The van der Waals surface area contributed by atoms with Gasteiger partial charge in [-0.3, -0.25) is 0 Å². The predicted octanol–water partition coefficient (Wildman–Crippen LogP) is 4.76. The summed E-state index contributed by atoms with van der Waals surface area (Å²) in [6, 6.07) is 15.5. The number of hydrogen-bond acceptors (Lipinski definition) is 2. The van der Waals surface area contributed by atoms with Crippen molar-refractivity contribution >= 4 is 26.9 Å². The van der Waals surface area contributed by atoms with Crippen LogP contribution in [0.3, 0.4) is 0 Å². The minimum absolute atomic E-state index is 0.552. The van der Waals surface area contributed by atoms with Crippen molar-refractivity contribution in [1.82, 2.24) is 0 Å². The molecule has 1 aromatic heterocycles. The first-order valence-electron chi connectivity index (χ1n) is 6.46. The van der Waals surface area contributed by atoms with Crippen LogP contribution in [0.15, 0.2) is 57.4 Å². The van der Waals surface area contributed by atoms with Crippen LogP contribution in [0.2, 0.25) is 0 Å². The second-order valence-electron chi connectivity index (χ2n) is 5.23. The molecule has 1 unspecified atom stereocenters. The van der Waals surface area contributed by atoms with Crippen molar-refractivity contribution in [3.8, 4) is 0 Å². The number of fused-ring (bicyclic) bond motifs is 1. The molecule has 0 saturated heterocycles. The summed E-state index contributed by atoms with van der Waals surface area (Å²) in [7, 11) is 0. The Hall–Kier alpha value is -1.58. The van der Waals surface area contributed by atoms with E-state index < -0.39 is 5.60 Å². The second-order valence-corrected chi connectivity index (χ2v) is 6.15. The van der Waals surface area contributed by atoms with Gasteiger partial charge in [-0.2, -0.15) is 0 Å². The quantitative estimate of drug-likeness (QED) is 0.734. The molecule has 1 N–H and O–H groups in total. The van der Waals surface area contributed by atoms with Crippen LogP contribution >= 0.6 is 15.9 Å². The monoisotopic (exact) mass is 330 g/mol. The van der Waals surface area contributed by atoms with Gasteiger partial charge in [0.2, 0.25) is 0 Å². The number of halogens is 1. The molecule has 0 aliphatic heterocycles. The van der Waals surface area contributed by atoms with Crippen LogP contribution in [0.25, 0.3) is 11.0 Å². The van der Waals surface area contributed by atoms with E-state index in [0.717, 1.165) is 21.0 Å². The third-order valence-corrected chi connectivity index (χ3v) is 4.03. The maximum atomic E-state index is 10.8. The zero-order valence-corrected chi connectivity index (χ0v) is 12.9. The molecule has 3 rings (SSSR count). The van der Waals surface area contributed by atoms with E-state index in [1.165, 1.54) is 5.56 Å². The van der Waals surface area contributed by atoms with Gasteiger partial charge in [-0.1, -0.05) is 39.7 Å². The predicted molar refractivity (Wildman–Crippen MR) is 83.8 cm³/mol. The fourth-order valence-electron chi connectivity index (χ4n) is 2.34. The molecule has 2 nitrogen and oxygen atoms in total. The van der Waals surface area contributed by atoms with E-state index in [0.29, 0.717) is 5.76 Å². The van der Waals surface area contributed by atoms with Gasteiger partial charge in [-0.15, -0.1) is 0 Å². The Kier molecular flexibility index (Phi) is 3.19. The highest BCUT2D eigenvalue weighted by Crippen LogP contribution is 2.34. The molecule has 0 fully saturated rings. The molecule has 2 aromatic carbocycles. The number of hydrogen-bond donors (Lipinski definition) is 1. The summed E-state index contributed by atoms with van der Waals surface area (Å²) in [6.07, 6.45) is 0. The van der Waals surface area contributed by atoms with Crippen LogP contribution in [0, 0.1) is 6.92 Å². The van der Waals surface area contributed by atoms with Gasteiger partial charge in [-0.25, -0.2) is 0 Å². The third kappa shape index (κ3) is 2.28. The maximum Gasteiger partial charge on any atom is 0.144 e. The summed E-state index contributed by atoms with van der Waals surface area (Å²) in [4.78, 5) is 0. The van der Waals surface area contributed by atoms with Gasteiger partial charge in [0, 0.05) is 9.86 Å². The topological polar surface area (TPSA) is 33.4 Å². The first-order chi connectivity index (χ1) is 9.46. The normalized spacial score (nSPS) is 14.4. The van der Waals surface area contributed by atoms with Crippen LogP contribution < -0.4 is 0 Å². The van der Waals surface area contributed by atoms with Crippen LogP contribution in [-0.4, -0.2) is 5.11 Å². The van der Waals surface area contributed by atoms with Crippen LogP contribution in [-0.2, 0) is 5.60 Å². The van der Waals surface area contributed by atoms with Gasteiger partial charge < -0.3 is 9.52 Å². The molecule has 1 atom stereocenters. The zero-order chi connectivity index (χ0) is 14.3. The van der Waals surface area contributed by atoms with Gasteiger partial charge in [0.05, 0.1) is 0 Å². The lowest BCUT2D eigenvalue weighted by molar-refractivity contribution is 0.0786. The van der Waals surface area contributed by atoms with E-state index in [4.69, 9.17) is 4.42 Å². The van der Waals surface area contributed by atoms with Crippen molar-refractivity contribution in [1.29, 1.82) is 0 Å². The third-order valence-electron chi connectivity index (χ3n) is 3.54. The second kappa shape index (κ2) is 4.76. The van der Waals surface area contributed by atoms with Crippen molar-refractivity contribution in [2.24, 2.45) is 0 Å². The minimum atomic E-state index is -1.16. The molecule has 3 heteroatoms. The van der Waals surface area contributed by atoms with Gasteiger partial charge in [0.1, 0.15) is 16.9 Å². The molecule has 1 heterocycles. The number of aryl methyl sites for hydroxylation is 1. The fraction of sp³-hybridized carbons (Fsp3) is 0.176. The lowest BCUT2D eigenvalue weighted by atomic mass is 9.93. The summed E-state index contributed by atoms with van der Waals surface area (Å²) in [5.74, 6) is 0.552. The Bertz CT molecular complexity index is 772. The Morgan fingerprint density at radius 3 is 2.65 bits per heavy atom. The molecule has 0 bridgehead atoms. The number of aliphatic hydroxyl groups is 1. The summed E-state index contributed by atoms with van der Waals surface area (Å²) in [6.45, 7) is 3.79. The molecule has 0 aliphatic rings.